The van der Waals surface area contributed by atoms with E-state index in [9.17, 15) is 0 Å². The predicted molar refractivity (Wildman–Crippen MR) is 71.4 cm³/mol. The largest absolute Gasteiger partial charge is 0.337 e. The number of hydrogen-bond donors (Lipinski definition) is 1. The van der Waals surface area contributed by atoms with Gasteiger partial charge in [-0.3, -0.25) is 0 Å². The van der Waals surface area contributed by atoms with Gasteiger partial charge in [0.05, 0.1) is 19.1 Å². The van der Waals surface area contributed by atoms with Crippen LogP contribution in [0.5, 0.6) is 0 Å². The number of imidazole rings is 2. The smallest absolute Gasteiger partial charge is 0.128 e. The zero-order valence-electron chi connectivity index (χ0n) is 10.5. The van der Waals surface area contributed by atoms with Gasteiger partial charge in [0.15, 0.2) is 0 Å². The molecule has 0 spiro atoms. The standard InChI is InChI=1S/C12H18ClN5/c1-17-11(13)8-16-12(17)9-14-4-2-3-6-18-7-5-15-10-18/h5,7-8,10,14H,2-4,6,9H2,1H3. The molecule has 2 aromatic heterocycles. The van der Waals surface area contributed by atoms with Gasteiger partial charge >= 0.3 is 0 Å². The second kappa shape index (κ2) is 6.56. The molecule has 0 radical (unpaired) electrons. The van der Waals surface area contributed by atoms with Crippen LogP contribution in [0.3, 0.4) is 0 Å². The van der Waals surface area contributed by atoms with Crippen molar-refractivity contribution >= 4 is 11.6 Å². The topological polar surface area (TPSA) is 47.7 Å². The van der Waals surface area contributed by atoms with Gasteiger partial charge in [0.2, 0.25) is 0 Å². The van der Waals surface area contributed by atoms with Crippen molar-refractivity contribution in [3.05, 3.63) is 35.9 Å². The van der Waals surface area contributed by atoms with E-state index in [1.807, 2.05) is 30.3 Å². The molecule has 2 heterocycles. The van der Waals surface area contributed by atoms with Crippen LogP contribution in [-0.2, 0) is 20.1 Å². The summed E-state index contributed by atoms with van der Waals surface area (Å²) >= 11 is 5.91. The molecule has 0 aliphatic carbocycles. The number of hydrogen-bond acceptors (Lipinski definition) is 3. The second-order valence-corrected chi connectivity index (χ2v) is 4.63. The third-order valence-corrected chi connectivity index (χ3v) is 3.24. The number of aryl methyl sites for hydroxylation is 1. The van der Waals surface area contributed by atoms with E-state index in [-0.39, 0.29) is 0 Å². The third kappa shape index (κ3) is 3.58. The molecule has 0 amide bonds. The van der Waals surface area contributed by atoms with E-state index in [0.29, 0.717) is 5.15 Å². The molecule has 0 bridgehead atoms. The first-order valence-electron chi connectivity index (χ1n) is 6.10. The summed E-state index contributed by atoms with van der Waals surface area (Å²) in [5.74, 6) is 0.967. The van der Waals surface area contributed by atoms with Gasteiger partial charge < -0.3 is 14.5 Å². The molecule has 98 valence electrons. The fourth-order valence-corrected chi connectivity index (χ4v) is 1.90. The Balaban J connectivity index is 1.57. The monoisotopic (exact) mass is 267 g/mol. The third-order valence-electron chi connectivity index (χ3n) is 2.89. The zero-order chi connectivity index (χ0) is 12.8. The van der Waals surface area contributed by atoms with Crippen molar-refractivity contribution in [3.8, 4) is 0 Å². The highest BCUT2D eigenvalue weighted by Gasteiger charge is 2.02. The Labute approximate surface area is 112 Å². The SMILES string of the molecule is Cn1c(Cl)cnc1CNCCCCn1ccnc1. The average Bonchev–Trinajstić information content (AvgIpc) is 2.98. The first-order chi connectivity index (χ1) is 8.77. The molecule has 0 unspecified atom stereocenters. The summed E-state index contributed by atoms with van der Waals surface area (Å²) in [6, 6.07) is 0. The summed E-state index contributed by atoms with van der Waals surface area (Å²) in [6.45, 7) is 2.77. The minimum absolute atomic E-state index is 0.673. The van der Waals surface area contributed by atoms with Crippen LogP contribution in [-0.4, -0.2) is 25.6 Å². The number of aromatic nitrogens is 4. The molecule has 0 saturated heterocycles. The van der Waals surface area contributed by atoms with Gasteiger partial charge in [-0.2, -0.15) is 0 Å². The minimum Gasteiger partial charge on any atom is -0.337 e. The maximum absolute atomic E-state index is 5.91. The van der Waals surface area contributed by atoms with Crippen molar-refractivity contribution in [3.63, 3.8) is 0 Å². The highest BCUT2D eigenvalue weighted by Crippen LogP contribution is 2.08. The first-order valence-corrected chi connectivity index (χ1v) is 6.47. The summed E-state index contributed by atoms with van der Waals surface area (Å²) < 4.78 is 3.98. The van der Waals surface area contributed by atoms with Crippen LogP contribution >= 0.6 is 11.6 Å². The van der Waals surface area contributed by atoms with Crippen molar-refractivity contribution < 1.29 is 0 Å². The lowest BCUT2D eigenvalue weighted by atomic mass is 10.3. The first kappa shape index (κ1) is 13.1. The maximum atomic E-state index is 5.91. The quantitative estimate of drug-likeness (QED) is 0.779. The summed E-state index contributed by atoms with van der Waals surface area (Å²) in [5, 5.41) is 4.04. The summed E-state index contributed by atoms with van der Waals surface area (Å²) in [6.07, 6.45) is 9.61. The van der Waals surface area contributed by atoms with E-state index in [2.05, 4.69) is 19.9 Å². The van der Waals surface area contributed by atoms with Crippen molar-refractivity contribution in [2.45, 2.75) is 25.9 Å². The molecule has 0 atom stereocenters. The molecular weight excluding hydrogens is 250 g/mol. The van der Waals surface area contributed by atoms with Crippen LogP contribution in [0.1, 0.15) is 18.7 Å². The van der Waals surface area contributed by atoms with E-state index in [1.54, 1.807) is 6.20 Å². The van der Waals surface area contributed by atoms with Crippen molar-refractivity contribution in [2.75, 3.05) is 6.54 Å². The zero-order valence-corrected chi connectivity index (χ0v) is 11.3. The van der Waals surface area contributed by atoms with Crippen molar-refractivity contribution in [2.24, 2.45) is 7.05 Å². The average molecular weight is 268 g/mol. The second-order valence-electron chi connectivity index (χ2n) is 4.24. The maximum Gasteiger partial charge on any atom is 0.128 e. The van der Waals surface area contributed by atoms with E-state index >= 15 is 0 Å². The molecule has 0 saturated carbocycles. The van der Waals surface area contributed by atoms with Gasteiger partial charge in [0.25, 0.3) is 0 Å². The number of nitrogens with zero attached hydrogens (tertiary/aromatic N) is 4. The van der Waals surface area contributed by atoms with Gasteiger partial charge in [-0.25, -0.2) is 9.97 Å². The predicted octanol–water partition coefficient (Wildman–Crippen LogP) is 1.84. The molecule has 1 N–H and O–H groups in total. The van der Waals surface area contributed by atoms with Gasteiger partial charge in [-0.1, -0.05) is 11.6 Å². The molecule has 2 aromatic rings. The Hall–Kier alpha value is -1.33. The molecule has 0 fully saturated rings. The van der Waals surface area contributed by atoms with Gasteiger partial charge in [-0.15, -0.1) is 0 Å². The Morgan fingerprint density at radius 2 is 2.28 bits per heavy atom. The Morgan fingerprint density at radius 1 is 1.39 bits per heavy atom. The molecule has 0 aliphatic heterocycles. The highest BCUT2D eigenvalue weighted by molar-refractivity contribution is 6.29. The number of rotatable bonds is 7. The lowest BCUT2D eigenvalue weighted by Gasteiger charge is -2.05. The van der Waals surface area contributed by atoms with E-state index in [0.717, 1.165) is 38.3 Å². The Kier molecular flexibility index (Phi) is 4.78. The van der Waals surface area contributed by atoms with Crippen LogP contribution in [0.15, 0.2) is 24.9 Å². The highest BCUT2D eigenvalue weighted by atomic mass is 35.5. The van der Waals surface area contributed by atoms with E-state index < -0.39 is 0 Å². The van der Waals surface area contributed by atoms with Gasteiger partial charge in [0.1, 0.15) is 11.0 Å². The van der Waals surface area contributed by atoms with Crippen LogP contribution in [0.4, 0.5) is 0 Å². The van der Waals surface area contributed by atoms with Crippen LogP contribution < -0.4 is 5.32 Å². The molecule has 5 nitrogen and oxygen atoms in total. The molecule has 0 aliphatic rings. The van der Waals surface area contributed by atoms with Gasteiger partial charge in [0, 0.05) is 26.0 Å². The molecule has 2 rings (SSSR count). The van der Waals surface area contributed by atoms with Gasteiger partial charge in [-0.05, 0) is 19.4 Å². The summed E-state index contributed by atoms with van der Waals surface area (Å²) in [5.41, 5.74) is 0. The fourth-order valence-electron chi connectivity index (χ4n) is 1.75. The lowest BCUT2D eigenvalue weighted by molar-refractivity contribution is 0.557. The van der Waals surface area contributed by atoms with Crippen molar-refractivity contribution in [1.29, 1.82) is 0 Å². The Bertz CT molecular complexity index is 463. The van der Waals surface area contributed by atoms with Crippen molar-refractivity contribution in [1.82, 2.24) is 24.4 Å². The summed E-state index contributed by atoms with van der Waals surface area (Å²) in [7, 11) is 1.92. The van der Waals surface area contributed by atoms with Crippen LogP contribution in [0.25, 0.3) is 0 Å². The molecular formula is C12H18ClN5. The van der Waals surface area contributed by atoms with Crippen LogP contribution in [0.2, 0.25) is 5.15 Å². The van der Waals surface area contributed by atoms with Crippen LogP contribution in [0, 0.1) is 0 Å². The fraction of sp³-hybridized carbons (Fsp3) is 0.500. The van der Waals surface area contributed by atoms with E-state index in [1.165, 1.54) is 0 Å². The number of halogens is 1. The number of nitrogens with one attached hydrogen (secondary N) is 1. The summed E-state index contributed by atoms with van der Waals surface area (Å²) in [4.78, 5) is 8.24. The molecule has 6 heteroatoms. The lowest BCUT2D eigenvalue weighted by Crippen LogP contribution is -2.17. The molecule has 18 heavy (non-hydrogen) atoms. The molecule has 0 aromatic carbocycles. The Morgan fingerprint density at radius 3 is 2.94 bits per heavy atom. The minimum atomic E-state index is 0.673. The normalized spacial score (nSPS) is 11.0. The van der Waals surface area contributed by atoms with E-state index in [4.69, 9.17) is 11.6 Å². The number of unbranched alkanes of at least 4 members (excludes halogenated alkanes) is 1.